The molecule has 4 heteroatoms. The summed E-state index contributed by atoms with van der Waals surface area (Å²) in [6.45, 7) is 7.32. The molecule has 0 saturated carbocycles. The van der Waals surface area contributed by atoms with Crippen molar-refractivity contribution in [2.24, 2.45) is 11.7 Å². The van der Waals surface area contributed by atoms with Crippen molar-refractivity contribution in [3.8, 4) is 0 Å². The molecule has 14 heavy (non-hydrogen) atoms. The first kappa shape index (κ1) is 13.4. The van der Waals surface area contributed by atoms with E-state index in [1.54, 1.807) is 7.05 Å². The van der Waals surface area contributed by atoms with Crippen molar-refractivity contribution < 1.29 is 4.79 Å². The Balaban J connectivity index is 3.89. The maximum absolute atomic E-state index is 11.2. The molecule has 0 aromatic rings. The van der Waals surface area contributed by atoms with E-state index in [0.29, 0.717) is 19.0 Å². The number of nitrogens with zero attached hydrogens (tertiary/aromatic N) is 1. The minimum Gasteiger partial charge on any atom is -0.358 e. The highest BCUT2D eigenvalue weighted by Gasteiger charge is 2.10. The van der Waals surface area contributed by atoms with Crippen LogP contribution >= 0.6 is 0 Å². The molecule has 3 N–H and O–H groups in total. The van der Waals surface area contributed by atoms with E-state index in [1.165, 1.54) is 0 Å². The average molecular weight is 201 g/mol. The fourth-order valence-electron chi connectivity index (χ4n) is 1.35. The summed E-state index contributed by atoms with van der Waals surface area (Å²) in [7, 11) is 1.67. The molecule has 0 aliphatic carbocycles. The van der Waals surface area contributed by atoms with Gasteiger partial charge in [0.25, 0.3) is 0 Å². The van der Waals surface area contributed by atoms with Crippen molar-refractivity contribution in [2.75, 3.05) is 33.2 Å². The lowest BCUT2D eigenvalue weighted by molar-refractivity contribution is -0.121. The van der Waals surface area contributed by atoms with Gasteiger partial charge in [0.1, 0.15) is 0 Å². The van der Waals surface area contributed by atoms with E-state index in [-0.39, 0.29) is 5.91 Å². The molecule has 4 nitrogen and oxygen atoms in total. The molecule has 0 rings (SSSR count). The summed E-state index contributed by atoms with van der Waals surface area (Å²) in [5.74, 6) is 0.653. The molecular formula is C10H23N3O. The van der Waals surface area contributed by atoms with E-state index in [9.17, 15) is 4.79 Å². The Morgan fingerprint density at radius 3 is 2.57 bits per heavy atom. The summed E-state index contributed by atoms with van der Waals surface area (Å²) in [5, 5.41) is 2.63. The molecule has 0 aromatic carbocycles. The summed E-state index contributed by atoms with van der Waals surface area (Å²) in [6.07, 6.45) is 0.948. The van der Waals surface area contributed by atoms with Crippen molar-refractivity contribution in [1.29, 1.82) is 0 Å². The van der Waals surface area contributed by atoms with Gasteiger partial charge >= 0.3 is 0 Å². The molecule has 0 saturated heterocycles. The maximum Gasteiger partial charge on any atom is 0.233 e. The highest BCUT2D eigenvalue weighted by molar-refractivity contribution is 5.77. The van der Waals surface area contributed by atoms with E-state index in [1.807, 2.05) is 0 Å². The van der Waals surface area contributed by atoms with E-state index in [4.69, 9.17) is 5.73 Å². The zero-order valence-electron chi connectivity index (χ0n) is 9.55. The lowest BCUT2D eigenvalue weighted by Crippen LogP contribution is -2.38. The summed E-state index contributed by atoms with van der Waals surface area (Å²) in [5.41, 5.74) is 5.44. The van der Waals surface area contributed by atoms with Gasteiger partial charge in [0.2, 0.25) is 5.91 Å². The Labute approximate surface area is 86.8 Å². The van der Waals surface area contributed by atoms with Crippen molar-refractivity contribution >= 4 is 5.91 Å². The van der Waals surface area contributed by atoms with Crippen molar-refractivity contribution in [2.45, 2.75) is 20.3 Å². The standard InChI is InChI=1S/C10H23N3O/c1-9(2)7-13(6-4-5-11)8-10(14)12-3/h9H,4-8,11H2,1-3H3,(H,12,14). The van der Waals surface area contributed by atoms with Gasteiger partial charge in [-0.15, -0.1) is 0 Å². The average Bonchev–Trinajstić information content (AvgIpc) is 2.13. The second kappa shape index (κ2) is 7.76. The molecule has 0 aromatic heterocycles. The molecule has 0 bridgehead atoms. The van der Waals surface area contributed by atoms with Gasteiger partial charge in [0.05, 0.1) is 6.54 Å². The zero-order valence-corrected chi connectivity index (χ0v) is 9.55. The van der Waals surface area contributed by atoms with Crippen LogP contribution in [-0.4, -0.2) is 44.0 Å². The molecule has 0 spiro atoms. The number of rotatable bonds is 7. The number of nitrogens with one attached hydrogen (secondary N) is 1. The molecule has 1 amide bonds. The Hall–Kier alpha value is -0.610. The number of amides is 1. The normalized spacial score (nSPS) is 11.0. The van der Waals surface area contributed by atoms with Gasteiger partial charge in [0.15, 0.2) is 0 Å². The first-order chi connectivity index (χ1) is 6.60. The lowest BCUT2D eigenvalue weighted by atomic mass is 10.2. The van der Waals surface area contributed by atoms with Crippen LogP contribution in [0, 0.1) is 5.92 Å². The second-order valence-corrected chi connectivity index (χ2v) is 3.94. The van der Waals surface area contributed by atoms with Gasteiger partial charge in [0, 0.05) is 13.6 Å². The van der Waals surface area contributed by atoms with E-state index < -0.39 is 0 Å². The lowest BCUT2D eigenvalue weighted by Gasteiger charge is -2.22. The predicted molar refractivity (Wildman–Crippen MR) is 59.0 cm³/mol. The van der Waals surface area contributed by atoms with Crippen LogP contribution in [0.15, 0.2) is 0 Å². The molecule has 0 heterocycles. The van der Waals surface area contributed by atoms with Gasteiger partial charge in [-0.25, -0.2) is 0 Å². The monoisotopic (exact) mass is 201 g/mol. The molecule has 0 radical (unpaired) electrons. The van der Waals surface area contributed by atoms with E-state index in [0.717, 1.165) is 19.5 Å². The SMILES string of the molecule is CNC(=O)CN(CCCN)CC(C)C. The minimum absolute atomic E-state index is 0.0719. The first-order valence-electron chi connectivity index (χ1n) is 5.23. The van der Waals surface area contributed by atoms with Crippen LogP contribution in [0.1, 0.15) is 20.3 Å². The largest absolute Gasteiger partial charge is 0.358 e. The van der Waals surface area contributed by atoms with Crippen molar-refractivity contribution in [3.05, 3.63) is 0 Å². The third-order valence-corrected chi connectivity index (χ3v) is 1.95. The maximum atomic E-state index is 11.2. The minimum atomic E-state index is 0.0719. The molecule has 0 aliphatic heterocycles. The third-order valence-electron chi connectivity index (χ3n) is 1.95. The van der Waals surface area contributed by atoms with Crippen LogP contribution in [0.2, 0.25) is 0 Å². The number of nitrogens with two attached hydrogens (primary N) is 1. The van der Waals surface area contributed by atoms with Gasteiger partial charge in [-0.2, -0.15) is 0 Å². The quantitative estimate of drug-likeness (QED) is 0.611. The Kier molecular flexibility index (Phi) is 7.42. The third kappa shape index (κ3) is 6.86. The number of carbonyl (C=O) groups excluding carboxylic acids is 1. The van der Waals surface area contributed by atoms with Gasteiger partial charge < -0.3 is 11.1 Å². The van der Waals surface area contributed by atoms with Gasteiger partial charge in [-0.1, -0.05) is 13.8 Å². The molecule has 84 valence electrons. The Bertz CT molecular complexity index is 159. The molecule has 0 aliphatic rings. The van der Waals surface area contributed by atoms with Crippen LogP contribution in [0.3, 0.4) is 0 Å². The molecule has 0 fully saturated rings. The fraction of sp³-hybridized carbons (Fsp3) is 0.900. The van der Waals surface area contributed by atoms with E-state index in [2.05, 4.69) is 24.1 Å². The van der Waals surface area contributed by atoms with Crippen LogP contribution in [0.25, 0.3) is 0 Å². The Morgan fingerprint density at radius 2 is 2.14 bits per heavy atom. The molecule has 0 atom stereocenters. The summed E-state index contributed by atoms with van der Waals surface area (Å²) in [4.78, 5) is 13.3. The predicted octanol–water partition coefficient (Wildman–Crippen LogP) is 0.0392. The second-order valence-electron chi connectivity index (χ2n) is 3.94. The fourth-order valence-corrected chi connectivity index (χ4v) is 1.35. The van der Waals surface area contributed by atoms with Crippen LogP contribution in [0.4, 0.5) is 0 Å². The molecule has 0 unspecified atom stereocenters. The highest BCUT2D eigenvalue weighted by atomic mass is 16.1. The van der Waals surface area contributed by atoms with Crippen LogP contribution < -0.4 is 11.1 Å². The number of hydrogen-bond donors (Lipinski definition) is 2. The highest BCUT2D eigenvalue weighted by Crippen LogP contribution is 1.99. The van der Waals surface area contributed by atoms with Crippen molar-refractivity contribution in [1.82, 2.24) is 10.2 Å². The first-order valence-corrected chi connectivity index (χ1v) is 5.23. The zero-order chi connectivity index (χ0) is 11.0. The smallest absolute Gasteiger partial charge is 0.233 e. The van der Waals surface area contributed by atoms with Crippen LogP contribution in [-0.2, 0) is 4.79 Å². The summed E-state index contributed by atoms with van der Waals surface area (Å²) in [6, 6.07) is 0. The van der Waals surface area contributed by atoms with Gasteiger partial charge in [-0.05, 0) is 25.4 Å². The molecular weight excluding hydrogens is 178 g/mol. The van der Waals surface area contributed by atoms with Gasteiger partial charge in [-0.3, -0.25) is 9.69 Å². The summed E-state index contributed by atoms with van der Waals surface area (Å²) >= 11 is 0. The van der Waals surface area contributed by atoms with E-state index >= 15 is 0 Å². The summed E-state index contributed by atoms with van der Waals surface area (Å²) < 4.78 is 0. The number of hydrogen-bond acceptors (Lipinski definition) is 3. The van der Waals surface area contributed by atoms with Crippen LogP contribution in [0.5, 0.6) is 0 Å². The number of carbonyl (C=O) groups is 1. The number of likely N-dealkylation sites (N-methyl/N-ethyl adjacent to an activating group) is 1. The Morgan fingerprint density at radius 1 is 1.50 bits per heavy atom. The topological polar surface area (TPSA) is 58.4 Å². The van der Waals surface area contributed by atoms with Crippen molar-refractivity contribution in [3.63, 3.8) is 0 Å².